The molecular formula is C18H18FN3O4S. The van der Waals surface area contributed by atoms with Crippen molar-refractivity contribution in [2.24, 2.45) is 5.73 Å². The van der Waals surface area contributed by atoms with Crippen LogP contribution in [-0.4, -0.2) is 33.7 Å². The van der Waals surface area contributed by atoms with Crippen molar-refractivity contribution in [2.45, 2.75) is 23.4 Å². The van der Waals surface area contributed by atoms with E-state index >= 15 is 0 Å². The number of carboxylic acid groups (broad SMARTS) is 2. The summed E-state index contributed by atoms with van der Waals surface area (Å²) in [5.41, 5.74) is 7.63. The van der Waals surface area contributed by atoms with E-state index in [4.69, 9.17) is 25.5 Å². The van der Waals surface area contributed by atoms with E-state index in [2.05, 4.69) is 11.1 Å². The van der Waals surface area contributed by atoms with Gasteiger partial charge in [-0.1, -0.05) is 42.1 Å². The lowest BCUT2D eigenvalue weighted by Gasteiger charge is -2.16. The van der Waals surface area contributed by atoms with Gasteiger partial charge >= 0.3 is 11.9 Å². The highest BCUT2D eigenvalue weighted by Crippen LogP contribution is 2.38. The molecule has 0 fully saturated rings. The third kappa shape index (κ3) is 7.43. The number of nitrogens with zero attached hydrogens (tertiary/aromatic N) is 2. The average Bonchev–Trinajstić information content (AvgIpc) is 2.68. The minimum absolute atomic E-state index is 0.102. The van der Waals surface area contributed by atoms with Crippen molar-refractivity contribution in [2.75, 3.05) is 6.54 Å². The monoisotopic (exact) mass is 391 g/mol. The number of nitrogens with two attached hydrogens (primary N) is 1. The molecule has 142 valence electrons. The highest BCUT2D eigenvalue weighted by molar-refractivity contribution is 7.99. The summed E-state index contributed by atoms with van der Waals surface area (Å²) >= 11 is 1.47. The van der Waals surface area contributed by atoms with E-state index in [1.54, 1.807) is 12.1 Å². The first-order valence-corrected chi connectivity index (χ1v) is 8.64. The lowest BCUT2D eigenvalue weighted by Crippen LogP contribution is -2.09. The molecule has 1 atom stereocenters. The van der Waals surface area contributed by atoms with Crippen LogP contribution in [0.2, 0.25) is 0 Å². The van der Waals surface area contributed by atoms with Gasteiger partial charge in [0, 0.05) is 5.25 Å². The van der Waals surface area contributed by atoms with Crippen LogP contribution in [-0.2, 0) is 16.3 Å². The van der Waals surface area contributed by atoms with Gasteiger partial charge in [0.1, 0.15) is 17.8 Å². The largest absolute Gasteiger partial charge is 0.473 e. The molecule has 0 aliphatic rings. The van der Waals surface area contributed by atoms with E-state index in [1.165, 1.54) is 11.8 Å². The van der Waals surface area contributed by atoms with Gasteiger partial charge in [-0.05, 0) is 30.7 Å². The number of aliphatic carboxylic acids is 2. The Hall–Kier alpha value is -2.96. The van der Waals surface area contributed by atoms with Crippen molar-refractivity contribution in [3.8, 4) is 6.07 Å². The zero-order chi connectivity index (χ0) is 20.2. The Kier molecular flexibility index (Phi) is 9.50. The molecule has 4 N–H and O–H groups in total. The van der Waals surface area contributed by atoms with E-state index in [0.717, 1.165) is 12.0 Å². The third-order valence-electron chi connectivity index (χ3n) is 3.21. The van der Waals surface area contributed by atoms with Crippen LogP contribution in [0.5, 0.6) is 0 Å². The summed E-state index contributed by atoms with van der Waals surface area (Å²) in [6, 6.07) is 15.2. The molecule has 0 saturated carbocycles. The highest BCUT2D eigenvalue weighted by Gasteiger charge is 2.16. The fraction of sp³-hybridized carbons (Fsp3) is 0.222. The van der Waals surface area contributed by atoms with Gasteiger partial charge in [0.25, 0.3) is 0 Å². The van der Waals surface area contributed by atoms with Crippen molar-refractivity contribution >= 4 is 23.7 Å². The van der Waals surface area contributed by atoms with Crippen molar-refractivity contribution in [3.63, 3.8) is 0 Å². The van der Waals surface area contributed by atoms with Gasteiger partial charge in [-0.25, -0.2) is 19.0 Å². The molecule has 0 amide bonds. The molecule has 1 aromatic heterocycles. The molecular weight excluding hydrogens is 373 g/mol. The quantitative estimate of drug-likeness (QED) is 0.505. The van der Waals surface area contributed by atoms with Gasteiger partial charge < -0.3 is 15.9 Å². The summed E-state index contributed by atoms with van der Waals surface area (Å²) in [5.74, 6) is -3.65. The van der Waals surface area contributed by atoms with Crippen LogP contribution < -0.4 is 5.73 Å². The molecule has 1 heterocycles. The molecule has 0 spiro atoms. The molecule has 0 aliphatic carbocycles. The smallest absolute Gasteiger partial charge is 0.414 e. The second-order valence-corrected chi connectivity index (χ2v) is 6.30. The standard InChI is InChI=1S/C16H16FN3S.C2H2O4/c17-10-14-7-6-13(11-19)16(20-14)21-15(8-9-18)12-4-2-1-3-5-12;3-1(4)2(5)6/h1-7,15H,8-10,18H2;(H,3,4)(H,5,6)/t15-;/m1./s1. The number of carbonyl (C=O) groups is 2. The summed E-state index contributed by atoms with van der Waals surface area (Å²) in [4.78, 5) is 22.4. The van der Waals surface area contributed by atoms with Crippen LogP contribution in [0.3, 0.4) is 0 Å². The number of pyridine rings is 1. The van der Waals surface area contributed by atoms with Gasteiger partial charge in [-0.3, -0.25) is 0 Å². The van der Waals surface area contributed by atoms with E-state index in [-0.39, 0.29) is 5.25 Å². The first-order chi connectivity index (χ1) is 12.9. The number of thioether (sulfide) groups is 1. The zero-order valence-electron chi connectivity index (χ0n) is 14.2. The number of halogens is 1. The van der Waals surface area contributed by atoms with Crippen LogP contribution in [0, 0.1) is 11.3 Å². The van der Waals surface area contributed by atoms with Gasteiger partial charge in [0.05, 0.1) is 11.3 Å². The average molecular weight is 391 g/mol. The fourth-order valence-electron chi connectivity index (χ4n) is 1.98. The molecule has 0 aliphatic heterocycles. The Morgan fingerprint density at radius 3 is 2.30 bits per heavy atom. The maximum Gasteiger partial charge on any atom is 0.414 e. The fourth-order valence-corrected chi connectivity index (χ4v) is 3.20. The molecule has 27 heavy (non-hydrogen) atoms. The minimum Gasteiger partial charge on any atom is -0.473 e. The Morgan fingerprint density at radius 2 is 1.81 bits per heavy atom. The number of alkyl halides is 1. The maximum atomic E-state index is 12.8. The van der Waals surface area contributed by atoms with Crippen molar-refractivity contribution in [3.05, 3.63) is 59.3 Å². The lowest BCUT2D eigenvalue weighted by molar-refractivity contribution is -0.159. The first kappa shape index (κ1) is 22.1. The van der Waals surface area contributed by atoms with Gasteiger partial charge in [0.2, 0.25) is 0 Å². The van der Waals surface area contributed by atoms with Crippen molar-refractivity contribution in [1.82, 2.24) is 4.98 Å². The molecule has 0 radical (unpaired) electrons. The number of benzene rings is 1. The third-order valence-corrected chi connectivity index (χ3v) is 4.54. The maximum absolute atomic E-state index is 12.8. The summed E-state index contributed by atoms with van der Waals surface area (Å²) in [6.45, 7) is -0.0938. The van der Waals surface area contributed by atoms with Gasteiger partial charge in [-0.15, -0.1) is 0 Å². The van der Waals surface area contributed by atoms with Crippen LogP contribution >= 0.6 is 11.8 Å². The number of carboxylic acids is 2. The number of aromatic nitrogens is 1. The highest BCUT2D eigenvalue weighted by atomic mass is 32.2. The second kappa shape index (κ2) is 11.6. The van der Waals surface area contributed by atoms with Gasteiger partial charge in [-0.2, -0.15) is 5.26 Å². The van der Waals surface area contributed by atoms with Crippen LogP contribution in [0.25, 0.3) is 0 Å². The summed E-state index contributed by atoms with van der Waals surface area (Å²) < 4.78 is 12.8. The summed E-state index contributed by atoms with van der Waals surface area (Å²) in [6.07, 6.45) is 0.765. The van der Waals surface area contributed by atoms with Crippen molar-refractivity contribution in [1.29, 1.82) is 5.26 Å². The van der Waals surface area contributed by atoms with Crippen molar-refractivity contribution < 1.29 is 24.2 Å². The normalized spacial score (nSPS) is 10.9. The second-order valence-electron chi connectivity index (χ2n) is 5.11. The molecule has 2 aromatic rings. The molecule has 0 saturated heterocycles. The molecule has 0 unspecified atom stereocenters. The van der Waals surface area contributed by atoms with E-state index in [0.29, 0.717) is 22.8 Å². The van der Waals surface area contributed by atoms with E-state index < -0.39 is 18.6 Å². The molecule has 0 bridgehead atoms. The zero-order valence-corrected chi connectivity index (χ0v) is 15.0. The number of hydrogen-bond acceptors (Lipinski definition) is 6. The predicted molar refractivity (Wildman–Crippen MR) is 97.7 cm³/mol. The lowest BCUT2D eigenvalue weighted by atomic mass is 10.1. The van der Waals surface area contributed by atoms with Gasteiger partial charge in [0.15, 0.2) is 0 Å². The Labute approximate surface area is 159 Å². The summed E-state index contributed by atoms with van der Waals surface area (Å²) in [7, 11) is 0. The Morgan fingerprint density at radius 1 is 1.19 bits per heavy atom. The number of hydrogen-bond donors (Lipinski definition) is 3. The van der Waals surface area contributed by atoms with Crippen LogP contribution in [0.15, 0.2) is 47.5 Å². The molecule has 7 nitrogen and oxygen atoms in total. The predicted octanol–water partition coefficient (Wildman–Crippen LogP) is 2.76. The molecule has 1 aromatic carbocycles. The van der Waals surface area contributed by atoms with E-state index in [9.17, 15) is 9.65 Å². The summed E-state index contributed by atoms with van der Waals surface area (Å²) in [5, 5.41) is 24.6. The number of nitriles is 1. The number of rotatable bonds is 6. The first-order valence-electron chi connectivity index (χ1n) is 7.76. The Bertz CT molecular complexity index is 800. The SMILES string of the molecule is N#Cc1ccc(CF)nc1S[C@H](CCN)c1ccccc1.O=C(O)C(=O)O. The van der Waals surface area contributed by atoms with Crippen LogP contribution in [0.1, 0.15) is 28.5 Å². The Balaban J connectivity index is 0.000000527. The molecule has 9 heteroatoms. The minimum atomic E-state index is -1.82. The van der Waals surface area contributed by atoms with E-state index in [1.807, 2.05) is 30.3 Å². The topological polar surface area (TPSA) is 137 Å². The molecule has 2 rings (SSSR count). The van der Waals surface area contributed by atoms with Crippen LogP contribution in [0.4, 0.5) is 4.39 Å².